The van der Waals surface area contributed by atoms with E-state index in [0.29, 0.717) is 23.7 Å². The third-order valence-corrected chi connectivity index (χ3v) is 10.5. The van der Waals surface area contributed by atoms with Crippen molar-refractivity contribution >= 4 is 10.0 Å². The van der Waals surface area contributed by atoms with Crippen molar-refractivity contribution in [3.63, 3.8) is 0 Å². The van der Waals surface area contributed by atoms with Gasteiger partial charge < -0.3 is 5.11 Å². The zero-order chi connectivity index (χ0) is 20.8. The highest BCUT2D eigenvalue weighted by atomic mass is 32.2. The van der Waals surface area contributed by atoms with Gasteiger partial charge in [0.05, 0.1) is 11.9 Å². The molecule has 1 aromatic heterocycles. The molecular weight excluding hydrogens is 384 g/mol. The number of aromatic nitrogens is 2. The summed E-state index contributed by atoms with van der Waals surface area (Å²) in [6.45, 7) is 4.66. The third kappa shape index (κ3) is 2.50. The van der Waals surface area contributed by atoms with Crippen LogP contribution in [0.2, 0.25) is 0 Å². The maximum Gasteiger partial charge on any atom is 0.250 e. The van der Waals surface area contributed by atoms with Crippen molar-refractivity contribution in [2.45, 2.75) is 70.8 Å². The van der Waals surface area contributed by atoms with E-state index >= 15 is 0 Å². The van der Waals surface area contributed by atoms with Crippen molar-refractivity contribution in [1.82, 2.24) is 9.19 Å². The number of hydrogen-bond donors (Lipinski definition) is 1. The summed E-state index contributed by atoms with van der Waals surface area (Å²) in [4.78, 5) is 0. The molecule has 3 fully saturated rings. The maximum atomic E-state index is 12.0. The molecule has 3 saturated carbocycles. The van der Waals surface area contributed by atoms with E-state index in [-0.39, 0.29) is 10.8 Å². The third-order valence-electron chi connectivity index (χ3n) is 9.66. The number of nitrogens with zero attached hydrogens (tertiary/aromatic N) is 2. The van der Waals surface area contributed by atoms with Crippen molar-refractivity contribution in [2.24, 2.45) is 34.5 Å². The minimum absolute atomic E-state index is 0.166. The standard InChI is InChI=1S/C23H32N2O3S/c1-5-23(26)11-9-19-17-7-6-16-12-20-15(14-25(24-20)29(4,27)28)13-21(16,2)18(17)8-10-22(19,23)3/h1,14,16-19,26H,6-13H2,2-4H3/t16?,17-,18+,19+,21+,22+,23+/m1/s1. The second-order valence-electron chi connectivity index (χ2n) is 10.8. The Morgan fingerprint density at radius 1 is 1.21 bits per heavy atom. The van der Waals surface area contributed by atoms with Gasteiger partial charge in [-0.2, -0.15) is 9.19 Å². The lowest BCUT2D eigenvalue weighted by molar-refractivity contribution is -0.127. The van der Waals surface area contributed by atoms with Crippen molar-refractivity contribution in [3.8, 4) is 12.3 Å². The molecule has 0 amide bonds. The first-order valence-electron chi connectivity index (χ1n) is 11.0. The van der Waals surface area contributed by atoms with Crippen LogP contribution in [0, 0.1) is 46.8 Å². The van der Waals surface area contributed by atoms with Crippen LogP contribution in [-0.2, 0) is 22.9 Å². The molecule has 5 nitrogen and oxygen atoms in total. The first-order valence-corrected chi connectivity index (χ1v) is 12.8. The van der Waals surface area contributed by atoms with Crippen LogP contribution < -0.4 is 0 Å². The van der Waals surface area contributed by atoms with Gasteiger partial charge in [-0.1, -0.05) is 19.8 Å². The first-order chi connectivity index (χ1) is 13.5. The maximum absolute atomic E-state index is 12.0. The van der Waals surface area contributed by atoms with Crippen molar-refractivity contribution in [3.05, 3.63) is 17.5 Å². The predicted molar refractivity (Wildman–Crippen MR) is 112 cm³/mol. The van der Waals surface area contributed by atoms with Crippen LogP contribution in [0.25, 0.3) is 0 Å². The van der Waals surface area contributed by atoms with Crippen LogP contribution >= 0.6 is 0 Å². The summed E-state index contributed by atoms with van der Waals surface area (Å²) in [5.41, 5.74) is 1.11. The van der Waals surface area contributed by atoms with Crippen LogP contribution in [-0.4, -0.2) is 34.6 Å². The zero-order valence-corrected chi connectivity index (χ0v) is 18.5. The Morgan fingerprint density at radius 2 is 1.93 bits per heavy atom. The molecule has 1 aromatic rings. The van der Waals surface area contributed by atoms with Crippen molar-refractivity contribution in [1.29, 1.82) is 0 Å². The number of rotatable bonds is 1. The number of hydrogen-bond acceptors (Lipinski definition) is 4. The van der Waals surface area contributed by atoms with Crippen molar-refractivity contribution in [2.75, 3.05) is 6.26 Å². The number of fused-ring (bicyclic) bond motifs is 6. The lowest BCUT2D eigenvalue weighted by Crippen LogP contribution is -2.56. The van der Waals surface area contributed by atoms with Gasteiger partial charge in [-0.15, -0.1) is 6.42 Å². The van der Waals surface area contributed by atoms with Gasteiger partial charge in [0.25, 0.3) is 10.0 Å². The Kier molecular flexibility index (Phi) is 3.98. The molecule has 158 valence electrons. The van der Waals surface area contributed by atoms with E-state index in [1.54, 1.807) is 6.20 Å². The highest BCUT2D eigenvalue weighted by Crippen LogP contribution is 2.67. The highest BCUT2D eigenvalue weighted by molar-refractivity contribution is 7.89. The molecule has 29 heavy (non-hydrogen) atoms. The van der Waals surface area contributed by atoms with E-state index in [2.05, 4.69) is 24.9 Å². The Morgan fingerprint density at radius 3 is 2.62 bits per heavy atom. The summed E-state index contributed by atoms with van der Waals surface area (Å²) in [6.07, 6.45) is 16.7. The molecule has 7 atom stereocenters. The molecule has 1 heterocycles. The zero-order valence-electron chi connectivity index (χ0n) is 17.7. The lowest BCUT2D eigenvalue weighted by Gasteiger charge is -2.60. The van der Waals surface area contributed by atoms with Gasteiger partial charge in [0.2, 0.25) is 0 Å². The number of aliphatic hydroxyl groups is 1. The quantitative estimate of drug-likeness (QED) is 0.715. The number of terminal acetylenes is 1. The molecule has 5 rings (SSSR count). The molecule has 4 aliphatic rings. The molecule has 1 N–H and O–H groups in total. The summed E-state index contributed by atoms with van der Waals surface area (Å²) in [7, 11) is -3.35. The minimum Gasteiger partial charge on any atom is -0.377 e. The van der Waals surface area contributed by atoms with Crippen molar-refractivity contribution < 1.29 is 13.5 Å². The summed E-state index contributed by atoms with van der Waals surface area (Å²) in [5, 5.41) is 15.6. The van der Waals surface area contributed by atoms with Gasteiger partial charge >= 0.3 is 0 Å². The average molecular weight is 417 g/mol. The van der Waals surface area contributed by atoms with Crippen LogP contribution in [0.15, 0.2) is 6.20 Å². The first kappa shape index (κ1) is 19.6. The van der Waals surface area contributed by atoms with Gasteiger partial charge in [-0.3, -0.25) is 0 Å². The Bertz CT molecular complexity index is 1010. The van der Waals surface area contributed by atoms with E-state index in [1.807, 2.05) is 0 Å². The second-order valence-corrected chi connectivity index (χ2v) is 12.6. The lowest BCUT2D eigenvalue weighted by atomic mass is 9.44. The fourth-order valence-electron chi connectivity index (χ4n) is 7.95. The van der Waals surface area contributed by atoms with Gasteiger partial charge in [-0.25, -0.2) is 8.42 Å². The van der Waals surface area contributed by atoms with Gasteiger partial charge in [0.15, 0.2) is 0 Å². The van der Waals surface area contributed by atoms with Crippen LogP contribution in [0.3, 0.4) is 0 Å². The van der Waals surface area contributed by atoms with Crippen LogP contribution in [0.1, 0.15) is 63.6 Å². The van der Waals surface area contributed by atoms with Crippen LogP contribution in [0.4, 0.5) is 0 Å². The highest BCUT2D eigenvalue weighted by Gasteiger charge is 2.64. The molecule has 0 spiro atoms. The average Bonchev–Trinajstić information content (AvgIpc) is 3.18. The van der Waals surface area contributed by atoms with E-state index in [1.165, 1.54) is 12.7 Å². The predicted octanol–water partition coefficient (Wildman–Crippen LogP) is 3.01. The monoisotopic (exact) mass is 416 g/mol. The van der Waals surface area contributed by atoms with Gasteiger partial charge in [0.1, 0.15) is 5.60 Å². The molecule has 0 radical (unpaired) electrons. The fraction of sp³-hybridized carbons (Fsp3) is 0.783. The smallest absolute Gasteiger partial charge is 0.250 e. The Labute approximate surface area is 174 Å². The summed E-state index contributed by atoms with van der Waals surface area (Å²) >= 11 is 0. The topological polar surface area (TPSA) is 72.2 Å². The summed E-state index contributed by atoms with van der Waals surface area (Å²) < 4.78 is 25.1. The second kappa shape index (κ2) is 5.88. The minimum atomic E-state index is -3.35. The molecule has 0 aromatic carbocycles. The van der Waals surface area contributed by atoms with E-state index in [9.17, 15) is 13.5 Å². The Hall–Kier alpha value is -1.32. The normalized spacial score (nSPS) is 46.2. The van der Waals surface area contributed by atoms with Gasteiger partial charge in [0, 0.05) is 11.6 Å². The Balaban J connectivity index is 1.49. The molecule has 0 bridgehead atoms. The fourth-order valence-corrected chi connectivity index (χ4v) is 8.52. The molecule has 4 aliphatic carbocycles. The summed E-state index contributed by atoms with van der Waals surface area (Å²) in [5.74, 6) is 5.00. The van der Waals surface area contributed by atoms with Gasteiger partial charge in [-0.05, 0) is 86.0 Å². The van der Waals surface area contributed by atoms with E-state index in [4.69, 9.17) is 6.42 Å². The largest absolute Gasteiger partial charge is 0.377 e. The molecule has 1 unspecified atom stereocenters. The van der Waals surface area contributed by atoms with E-state index in [0.717, 1.165) is 60.3 Å². The SMILES string of the molecule is C#C[C@]1(O)CC[C@H]2[C@@H]3CCC4Cc5nn(S(C)(=O)=O)cc5C[C@]4(C)[C@H]3CC[C@@]21C. The molecular formula is C23H32N2O3S. The molecule has 6 heteroatoms. The molecule has 0 aliphatic heterocycles. The van der Waals surface area contributed by atoms with Crippen LogP contribution in [0.5, 0.6) is 0 Å². The van der Waals surface area contributed by atoms with E-state index < -0.39 is 15.6 Å². The molecule has 0 saturated heterocycles. The summed E-state index contributed by atoms with van der Waals surface area (Å²) in [6, 6.07) is 0.